The van der Waals surface area contributed by atoms with E-state index in [1.807, 2.05) is 0 Å². The van der Waals surface area contributed by atoms with E-state index in [2.05, 4.69) is 15.2 Å². The fraction of sp³-hybridized carbons (Fsp3) is 0.200. The Morgan fingerprint density at radius 3 is 2.94 bits per heavy atom. The summed E-state index contributed by atoms with van der Waals surface area (Å²) in [5.41, 5.74) is 7.43. The maximum Gasteiger partial charge on any atom is 0.183 e. The lowest BCUT2D eigenvalue weighted by Gasteiger charge is -2.06. The maximum absolute atomic E-state index is 13.1. The van der Waals surface area contributed by atoms with Crippen molar-refractivity contribution < 1.29 is 4.39 Å². The first-order valence-corrected chi connectivity index (χ1v) is 5.73. The normalized spacial score (nSPS) is 10.6. The van der Waals surface area contributed by atoms with Gasteiger partial charge in [0.2, 0.25) is 0 Å². The molecule has 0 atom stereocenters. The number of aromatic nitrogens is 3. The third-order valence-electron chi connectivity index (χ3n) is 2.15. The van der Waals surface area contributed by atoms with Crippen molar-refractivity contribution in [2.45, 2.75) is 17.5 Å². The Balaban J connectivity index is 2.11. The number of halogens is 1. The van der Waals surface area contributed by atoms with Crippen LogP contribution in [-0.2, 0) is 12.3 Å². The third-order valence-corrected chi connectivity index (χ3v) is 3.07. The Morgan fingerprint density at radius 2 is 2.25 bits per heavy atom. The highest BCUT2D eigenvalue weighted by Gasteiger charge is 2.05. The molecular weight excluding hydrogens is 227 g/mol. The minimum atomic E-state index is -0.245. The minimum Gasteiger partial charge on any atom is -0.326 e. The molecule has 0 unspecified atom stereocenters. The number of H-pyrrole nitrogens is 1. The van der Waals surface area contributed by atoms with Gasteiger partial charge in [0.1, 0.15) is 12.1 Å². The lowest BCUT2D eigenvalue weighted by Crippen LogP contribution is -2.01. The van der Waals surface area contributed by atoms with Crippen molar-refractivity contribution in [2.24, 2.45) is 5.73 Å². The zero-order chi connectivity index (χ0) is 11.4. The average molecular weight is 238 g/mol. The van der Waals surface area contributed by atoms with E-state index in [-0.39, 0.29) is 5.82 Å². The molecule has 0 amide bonds. The second-order valence-corrected chi connectivity index (χ2v) is 4.16. The van der Waals surface area contributed by atoms with Crippen LogP contribution in [0.2, 0.25) is 0 Å². The van der Waals surface area contributed by atoms with Crippen molar-refractivity contribution >= 4 is 11.8 Å². The van der Waals surface area contributed by atoms with Crippen LogP contribution in [0.15, 0.2) is 29.7 Å². The van der Waals surface area contributed by atoms with Crippen molar-refractivity contribution in [1.29, 1.82) is 0 Å². The second-order valence-electron chi connectivity index (χ2n) is 3.20. The minimum absolute atomic E-state index is 0.245. The molecular formula is C10H11FN4S. The number of nitrogens with two attached hydrogens (primary N) is 1. The number of nitrogens with zero attached hydrogens (tertiary/aromatic N) is 2. The molecule has 0 radical (unpaired) electrons. The van der Waals surface area contributed by atoms with Crippen LogP contribution in [0.1, 0.15) is 11.1 Å². The number of rotatable bonds is 4. The first-order valence-electron chi connectivity index (χ1n) is 4.75. The SMILES string of the molecule is NCc1ccc(F)cc1CSc1ncn[nH]1. The smallest absolute Gasteiger partial charge is 0.183 e. The summed E-state index contributed by atoms with van der Waals surface area (Å²) < 4.78 is 13.1. The van der Waals surface area contributed by atoms with E-state index in [1.165, 1.54) is 30.2 Å². The molecule has 0 aliphatic rings. The lowest BCUT2D eigenvalue weighted by molar-refractivity contribution is 0.625. The van der Waals surface area contributed by atoms with Crippen LogP contribution >= 0.6 is 11.8 Å². The van der Waals surface area contributed by atoms with Crippen molar-refractivity contribution in [3.05, 3.63) is 41.5 Å². The quantitative estimate of drug-likeness (QED) is 0.795. The molecule has 0 spiro atoms. The second kappa shape index (κ2) is 5.09. The number of benzene rings is 1. The molecule has 1 aromatic carbocycles. The average Bonchev–Trinajstić information content (AvgIpc) is 2.79. The molecule has 0 fully saturated rings. The molecule has 0 saturated heterocycles. The molecule has 84 valence electrons. The van der Waals surface area contributed by atoms with E-state index in [0.29, 0.717) is 17.5 Å². The number of nitrogens with one attached hydrogen (secondary N) is 1. The van der Waals surface area contributed by atoms with Crippen LogP contribution in [0.3, 0.4) is 0 Å². The van der Waals surface area contributed by atoms with Gasteiger partial charge in [0.15, 0.2) is 5.16 Å². The summed E-state index contributed by atoms with van der Waals surface area (Å²) >= 11 is 1.47. The van der Waals surface area contributed by atoms with E-state index < -0.39 is 0 Å². The molecule has 6 heteroatoms. The van der Waals surface area contributed by atoms with Crippen LogP contribution in [0.4, 0.5) is 4.39 Å². The highest BCUT2D eigenvalue weighted by atomic mass is 32.2. The Kier molecular flexibility index (Phi) is 3.53. The summed E-state index contributed by atoms with van der Waals surface area (Å²) in [6.07, 6.45) is 1.44. The fourth-order valence-electron chi connectivity index (χ4n) is 1.34. The van der Waals surface area contributed by atoms with Crippen LogP contribution < -0.4 is 5.73 Å². The van der Waals surface area contributed by atoms with Crippen molar-refractivity contribution in [2.75, 3.05) is 0 Å². The first kappa shape index (κ1) is 11.1. The predicted molar refractivity (Wildman–Crippen MR) is 60.2 cm³/mol. The summed E-state index contributed by atoms with van der Waals surface area (Å²) in [5.74, 6) is 0.379. The Hall–Kier alpha value is -1.40. The molecule has 2 aromatic rings. The molecule has 4 nitrogen and oxygen atoms in total. The summed E-state index contributed by atoms with van der Waals surface area (Å²) in [4.78, 5) is 3.98. The largest absolute Gasteiger partial charge is 0.326 e. The number of hydrogen-bond donors (Lipinski definition) is 2. The fourth-order valence-corrected chi connectivity index (χ4v) is 2.14. The summed E-state index contributed by atoms with van der Waals surface area (Å²) in [6.45, 7) is 0.409. The van der Waals surface area contributed by atoms with Crippen molar-refractivity contribution in [1.82, 2.24) is 15.2 Å². The molecule has 1 heterocycles. The molecule has 2 rings (SSSR count). The topological polar surface area (TPSA) is 67.6 Å². The van der Waals surface area contributed by atoms with E-state index in [9.17, 15) is 4.39 Å². The van der Waals surface area contributed by atoms with Crippen LogP contribution in [0, 0.1) is 5.82 Å². The zero-order valence-corrected chi connectivity index (χ0v) is 9.30. The van der Waals surface area contributed by atoms with Gasteiger partial charge < -0.3 is 5.73 Å². The predicted octanol–water partition coefficient (Wildman–Crippen LogP) is 1.69. The van der Waals surface area contributed by atoms with E-state index in [4.69, 9.17) is 5.73 Å². The first-order chi connectivity index (χ1) is 7.79. The Bertz CT molecular complexity index is 458. The van der Waals surface area contributed by atoms with Gasteiger partial charge in [-0.15, -0.1) is 0 Å². The van der Waals surface area contributed by atoms with E-state index in [1.54, 1.807) is 6.07 Å². The molecule has 3 N–H and O–H groups in total. The van der Waals surface area contributed by atoms with Gasteiger partial charge in [0.05, 0.1) is 0 Å². The summed E-state index contributed by atoms with van der Waals surface area (Å²) in [7, 11) is 0. The molecule has 0 aliphatic carbocycles. The van der Waals surface area contributed by atoms with E-state index in [0.717, 1.165) is 11.1 Å². The maximum atomic E-state index is 13.1. The summed E-state index contributed by atoms with van der Waals surface area (Å²) in [5, 5.41) is 7.19. The highest BCUT2D eigenvalue weighted by molar-refractivity contribution is 7.98. The van der Waals surface area contributed by atoms with Crippen LogP contribution in [0.25, 0.3) is 0 Å². The number of thioether (sulfide) groups is 1. The highest BCUT2D eigenvalue weighted by Crippen LogP contribution is 2.21. The van der Waals surface area contributed by atoms with Crippen LogP contribution in [-0.4, -0.2) is 15.2 Å². The monoisotopic (exact) mass is 238 g/mol. The molecule has 0 saturated carbocycles. The molecule has 16 heavy (non-hydrogen) atoms. The summed E-state index contributed by atoms with van der Waals surface area (Å²) in [6, 6.07) is 4.64. The van der Waals surface area contributed by atoms with E-state index >= 15 is 0 Å². The third kappa shape index (κ3) is 2.59. The number of aromatic amines is 1. The van der Waals surface area contributed by atoms with Crippen molar-refractivity contribution in [3.63, 3.8) is 0 Å². The van der Waals surface area contributed by atoms with Crippen molar-refractivity contribution in [3.8, 4) is 0 Å². The van der Waals surface area contributed by atoms with Crippen LogP contribution in [0.5, 0.6) is 0 Å². The Morgan fingerprint density at radius 1 is 1.38 bits per heavy atom. The Labute approximate surface area is 96.5 Å². The standard InChI is InChI=1S/C10H11FN4S/c11-9-2-1-7(4-12)8(3-9)5-16-10-13-6-14-15-10/h1-3,6H,4-5,12H2,(H,13,14,15). The number of hydrogen-bond acceptors (Lipinski definition) is 4. The molecule has 0 bridgehead atoms. The van der Waals surface area contributed by atoms with Gasteiger partial charge >= 0.3 is 0 Å². The van der Waals surface area contributed by atoms with Gasteiger partial charge in [-0.05, 0) is 23.3 Å². The zero-order valence-electron chi connectivity index (χ0n) is 8.48. The van der Waals surface area contributed by atoms with Gasteiger partial charge in [-0.3, -0.25) is 5.10 Å². The molecule has 1 aromatic heterocycles. The lowest BCUT2D eigenvalue weighted by atomic mass is 10.1. The van der Waals surface area contributed by atoms with Gasteiger partial charge in [-0.25, -0.2) is 9.37 Å². The van der Waals surface area contributed by atoms with Gasteiger partial charge in [0.25, 0.3) is 0 Å². The van der Waals surface area contributed by atoms with Gasteiger partial charge in [-0.2, -0.15) is 5.10 Å². The van der Waals surface area contributed by atoms with Gasteiger partial charge in [-0.1, -0.05) is 17.8 Å². The van der Waals surface area contributed by atoms with Gasteiger partial charge in [0, 0.05) is 12.3 Å². The molecule has 0 aliphatic heterocycles.